The van der Waals surface area contributed by atoms with Gasteiger partial charge in [0.25, 0.3) is 0 Å². The summed E-state index contributed by atoms with van der Waals surface area (Å²) in [7, 11) is 0. The number of para-hydroxylation sites is 1. The summed E-state index contributed by atoms with van der Waals surface area (Å²) < 4.78 is 51.4. The van der Waals surface area contributed by atoms with Crippen molar-refractivity contribution in [3.05, 3.63) is 82.0 Å². The summed E-state index contributed by atoms with van der Waals surface area (Å²) in [6.07, 6.45) is -1.85. The standard InChI is InChI=1S/C27H26F3N3O5/c1-18(34)6-7-19-8-10-20(11-9-19)38-24-12-15-31-26(25(24)33(35)36)32-16-13-21(14-17-32)37-23-5-3-2-4-22(23)27(28,29)30/h2-5,8-12,15,21H,6-7,13-14,16-17H2,1H3. The van der Waals surface area contributed by atoms with E-state index in [1.54, 1.807) is 29.2 Å². The van der Waals surface area contributed by atoms with E-state index in [9.17, 15) is 28.1 Å². The Labute approximate surface area is 217 Å². The molecule has 0 N–H and O–H groups in total. The summed E-state index contributed by atoms with van der Waals surface area (Å²) in [5.74, 6) is 0.401. The average Bonchev–Trinajstić information content (AvgIpc) is 2.88. The number of benzene rings is 2. The number of pyridine rings is 1. The maximum Gasteiger partial charge on any atom is 0.419 e. The first-order valence-electron chi connectivity index (χ1n) is 12.1. The van der Waals surface area contributed by atoms with Gasteiger partial charge in [-0.25, -0.2) is 4.98 Å². The van der Waals surface area contributed by atoms with Crippen LogP contribution >= 0.6 is 0 Å². The average molecular weight is 530 g/mol. The number of carbonyl (C=O) groups excluding carboxylic acids is 1. The molecule has 1 aliphatic rings. The molecule has 38 heavy (non-hydrogen) atoms. The minimum atomic E-state index is -4.53. The molecule has 0 bridgehead atoms. The Bertz CT molecular complexity index is 1290. The SMILES string of the molecule is CC(=O)CCc1ccc(Oc2ccnc(N3CCC(Oc4ccccc4C(F)(F)F)CC3)c2[N+](=O)[O-])cc1. The van der Waals surface area contributed by atoms with E-state index in [-0.39, 0.29) is 28.8 Å². The maximum absolute atomic E-state index is 13.3. The topological polar surface area (TPSA) is 94.8 Å². The lowest BCUT2D eigenvalue weighted by Gasteiger charge is -2.33. The van der Waals surface area contributed by atoms with Gasteiger partial charge in [-0.2, -0.15) is 13.2 Å². The van der Waals surface area contributed by atoms with Gasteiger partial charge in [0.05, 0.1) is 10.5 Å². The molecule has 1 fully saturated rings. The summed E-state index contributed by atoms with van der Waals surface area (Å²) in [5.41, 5.74) is -0.188. The molecule has 0 saturated carbocycles. The van der Waals surface area contributed by atoms with E-state index in [0.717, 1.165) is 11.6 Å². The molecule has 3 aromatic rings. The smallest absolute Gasteiger partial charge is 0.419 e. The van der Waals surface area contributed by atoms with E-state index >= 15 is 0 Å². The highest BCUT2D eigenvalue weighted by molar-refractivity contribution is 5.75. The predicted octanol–water partition coefficient (Wildman–Crippen LogP) is 6.37. The van der Waals surface area contributed by atoms with Crippen molar-refractivity contribution in [2.45, 2.75) is 44.9 Å². The number of carbonyl (C=O) groups is 1. The fourth-order valence-corrected chi connectivity index (χ4v) is 4.25. The highest BCUT2D eigenvalue weighted by Crippen LogP contribution is 2.40. The number of ether oxygens (including phenoxy) is 2. The number of ketones is 1. The molecule has 0 radical (unpaired) electrons. The van der Waals surface area contributed by atoms with E-state index in [2.05, 4.69) is 4.98 Å². The molecule has 11 heteroatoms. The number of hydrogen-bond acceptors (Lipinski definition) is 7. The summed E-state index contributed by atoms with van der Waals surface area (Å²) in [4.78, 5) is 28.6. The maximum atomic E-state index is 13.3. The van der Waals surface area contributed by atoms with Crippen molar-refractivity contribution in [1.82, 2.24) is 4.98 Å². The number of hydrogen-bond donors (Lipinski definition) is 0. The zero-order chi connectivity index (χ0) is 27.3. The van der Waals surface area contributed by atoms with Crippen LogP contribution in [0.2, 0.25) is 0 Å². The van der Waals surface area contributed by atoms with Gasteiger partial charge in [0, 0.05) is 44.6 Å². The quantitative estimate of drug-likeness (QED) is 0.235. The van der Waals surface area contributed by atoms with Crippen LogP contribution < -0.4 is 14.4 Å². The number of nitrogens with zero attached hydrogens (tertiary/aromatic N) is 3. The molecule has 0 spiro atoms. The first-order valence-corrected chi connectivity index (χ1v) is 12.1. The first kappa shape index (κ1) is 26.9. The van der Waals surface area contributed by atoms with Gasteiger partial charge in [-0.15, -0.1) is 0 Å². The molecular weight excluding hydrogens is 503 g/mol. The lowest BCUT2D eigenvalue weighted by Crippen LogP contribution is -2.39. The second-order valence-electron chi connectivity index (χ2n) is 8.98. The first-order chi connectivity index (χ1) is 18.1. The third-order valence-corrected chi connectivity index (χ3v) is 6.20. The minimum Gasteiger partial charge on any atom is -0.490 e. The van der Waals surface area contributed by atoms with Gasteiger partial charge in [0.15, 0.2) is 0 Å². The van der Waals surface area contributed by atoms with Crippen LogP contribution in [0.1, 0.15) is 37.3 Å². The van der Waals surface area contributed by atoms with E-state index in [1.807, 2.05) is 0 Å². The van der Waals surface area contributed by atoms with Gasteiger partial charge in [0.2, 0.25) is 11.6 Å². The Balaban J connectivity index is 1.46. The van der Waals surface area contributed by atoms with Crippen LogP contribution in [0.4, 0.5) is 24.7 Å². The van der Waals surface area contributed by atoms with Crippen LogP contribution in [0.25, 0.3) is 0 Å². The van der Waals surface area contributed by atoms with Gasteiger partial charge >= 0.3 is 11.9 Å². The highest BCUT2D eigenvalue weighted by atomic mass is 19.4. The molecular formula is C27H26F3N3O5. The molecule has 0 amide bonds. The zero-order valence-corrected chi connectivity index (χ0v) is 20.6. The molecule has 0 unspecified atom stereocenters. The number of alkyl halides is 3. The number of aryl methyl sites for hydroxylation is 1. The number of rotatable bonds is 9. The lowest BCUT2D eigenvalue weighted by molar-refractivity contribution is -0.385. The third kappa shape index (κ3) is 6.58. The van der Waals surface area contributed by atoms with Crippen molar-refractivity contribution >= 4 is 17.3 Å². The number of halogens is 3. The highest BCUT2D eigenvalue weighted by Gasteiger charge is 2.35. The van der Waals surface area contributed by atoms with Gasteiger partial charge in [-0.05, 0) is 43.2 Å². The van der Waals surface area contributed by atoms with Crippen LogP contribution in [0.5, 0.6) is 17.2 Å². The number of Topliss-reactive ketones (excluding diaryl/α,β-unsaturated/α-hetero) is 1. The molecule has 2 aromatic carbocycles. The van der Waals surface area contributed by atoms with Gasteiger partial charge < -0.3 is 19.2 Å². The molecule has 1 saturated heterocycles. The van der Waals surface area contributed by atoms with Crippen LogP contribution in [0, 0.1) is 10.1 Å². The van der Waals surface area contributed by atoms with E-state index in [1.165, 1.54) is 37.4 Å². The molecule has 200 valence electrons. The molecule has 0 atom stereocenters. The Morgan fingerprint density at radius 1 is 1.08 bits per heavy atom. The Morgan fingerprint density at radius 3 is 2.39 bits per heavy atom. The number of aromatic nitrogens is 1. The lowest BCUT2D eigenvalue weighted by atomic mass is 10.1. The molecule has 4 rings (SSSR count). The number of piperidine rings is 1. The third-order valence-electron chi connectivity index (χ3n) is 6.20. The van der Waals surface area contributed by atoms with Crippen molar-refractivity contribution in [1.29, 1.82) is 0 Å². The number of anilines is 1. The predicted molar refractivity (Wildman–Crippen MR) is 134 cm³/mol. The van der Waals surface area contributed by atoms with E-state index < -0.39 is 22.8 Å². The van der Waals surface area contributed by atoms with Crippen LogP contribution in [-0.2, 0) is 17.4 Å². The Hall–Kier alpha value is -4.15. The van der Waals surface area contributed by atoms with Gasteiger partial charge in [-0.3, -0.25) is 10.1 Å². The molecule has 0 aliphatic carbocycles. The fourth-order valence-electron chi connectivity index (χ4n) is 4.25. The normalized spacial score (nSPS) is 14.3. The summed E-state index contributed by atoms with van der Waals surface area (Å²) >= 11 is 0. The van der Waals surface area contributed by atoms with E-state index in [4.69, 9.17) is 9.47 Å². The van der Waals surface area contributed by atoms with Crippen molar-refractivity contribution < 1.29 is 32.4 Å². The molecule has 8 nitrogen and oxygen atoms in total. The minimum absolute atomic E-state index is 0.0222. The Morgan fingerprint density at radius 2 is 1.76 bits per heavy atom. The van der Waals surface area contributed by atoms with Crippen molar-refractivity contribution in [3.63, 3.8) is 0 Å². The van der Waals surface area contributed by atoms with Crippen molar-refractivity contribution in [2.75, 3.05) is 18.0 Å². The molecule has 2 heterocycles. The summed E-state index contributed by atoms with van der Waals surface area (Å²) in [5, 5.41) is 12.0. The van der Waals surface area contributed by atoms with Crippen LogP contribution in [0.3, 0.4) is 0 Å². The summed E-state index contributed by atoms with van der Waals surface area (Å²) in [6, 6.07) is 13.4. The monoisotopic (exact) mass is 529 g/mol. The van der Waals surface area contributed by atoms with Crippen molar-refractivity contribution in [3.8, 4) is 17.2 Å². The van der Waals surface area contributed by atoms with Crippen LogP contribution in [-0.4, -0.2) is 34.9 Å². The fraction of sp³-hybridized carbons (Fsp3) is 0.333. The second-order valence-corrected chi connectivity index (χ2v) is 8.98. The number of nitro groups is 1. The Kier molecular flexibility index (Phi) is 8.13. The molecule has 1 aromatic heterocycles. The van der Waals surface area contributed by atoms with E-state index in [0.29, 0.717) is 44.5 Å². The zero-order valence-electron chi connectivity index (χ0n) is 20.6. The molecule has 1 aliphatic heterocycles. The summed E-state index contributed by atoms with van der Waals surface area (Å²) in [6.45, 7) is 2.14. The van der Waals surface area contributed by atoms with Gasteiger partial charge in [-0.1, -0.05) is 24.3 Å². The van der Waals surface area contributed by atoms with Crippen molar-refractivity contribution in [2.24, 2.45) is 0 Å². The van der Waals surface area contributed by atoms with Gasteiger partial charge in [0.1, 0.15) is 23.4 Å². The second kappa shape index (κ2) is 11.5. The van der Waals surface area contributed by atoms with Crippen LogP contribution in [0.15, 0.2) is 60.8 Å². The largest absolute Gasteiger partial charge is 0.490 e.